The van der Waals surface area contributed by atoms with Gasteiger partial charge in [-0.15, -0.1) is 0 Å². The fourth-order valence-corrected chi connectivity index (χ4v) is 5.47. The molecule has 0 radical (unpaired) electrons. The normalized spacial score (nSPS) is 23.9. The van der Waals surface area contributed by atoms with Crippen LogP contribution in [0.25, 0.3) is 22.3 Å². The van der Waals surface area contributed by atoms with E-state index in [2.05, 4.69) is 27.1 Å². The number of hydrogen-bond donors (Lipinski definition) is 1. The lowest BCUT2D eigenvalue weighted by Gasteiger charge is -2.36. The summed E-state index contributed by atoms with van der Waals surface area (Å²) >= 11 is 1.52. The Morgan fingerprint density at radius 3 is 2.93 bits per heavy atom. The van der Waals surface area contributed by atoms with Crippen molar-refractivity contribution in [3.8, 4) is 16.5 Å². The monoisotopic (exact) mass is 412 g/mol. The highest BCUT2D eigenvalue weighted by atomic mass is 32.1. The smallest absolute Gasteiger partial charge is 0.273 e. The van der Waals surface area contributed by atoms with Crippen LogP contribution in [0.5, 0.6) is 5.19 Å². The van der Waals surface area contributed by atoms with Gasteiger partial charge >= 0.3 is 0 Å². The SMILES string of the molecule is COc1nc(-c2c[nH]c3ncc([C@H]4CC[C@H](N5CCCOCC5)CC4)cc23)cs1. The number of aromatic amines is 1. The molecule has 0 aromatic carbocycles. The van der Waals surface area contributed by atoms with Crippen LogP contribution < -0.4 is 4.74 Å². The van der Waals surface area contributed by atoms with Gasteiger partial charge < -0.3 is 14.5 Å². The molecule has 1 N–H and O–H groups in total. The molecule has 2 fully saturated rings. The number of thiazole rings is 1. The number of pyridine rings is 1. The Kier molecular flexibility index (Phi) is 5.52. The molecule has 154 valence electrons. The van der Waals surface area contributed by atoms with E-state index in [-0.39, 0.29) is 0 Å². The minimum absolute atomic E-state index is 0.596. The van der Waals surface area contributed by atoms with Gasteiger partial charge in [-0.2, -0.15) is 0 Å². The van der Waals surface area contributed by atoms with Crippen molar-refractivity contribution in [2.45, 2.75) is 44.1 Å². The van der Waals surface area contributed by atoms with Crippen molar-refractivity contribution in [2.24, 2.45) is 0 Å². The highest BCUT2D eigenvalue weighted by Crippen LogP contribution is 2.37. The molecule has 3 aromatic rings. The molecule has 0 bridgehead atoms. The van der Waals surface area contributed by atoms with E-state index < -0.39 is 0 Å². The molecule has 29 heavy (non-hydrogen) atoms. The fraction of sp³-hybridized carbons (Fsp3) is 0.545. The van der Waals surface area contributed by atoms with Gasteiger partial charge in [-0.25, -0.2) is 9.97 Å². The highest BCUT2D eigenvalue weighted by Gasteiger charge is 2.27. The van der Waals surface area contributed by atoms with Crippen LogP contribution in [0.15, 0.2) is 23.8 Å². The molecule has 5 rings (SSSR count). The van der Waals surface area contributed by atoms with Gasteiger partial charge in [-0.3, -0.25) is 4.90 Å². The number of H-pyrrole nitrogens is 1. The molecule has 1 aliphatic carbocycles. The van der Waals surface area contributed by atoms with Crippen LogP contribution in [-0.2, 0) is 4.74 Å². The van der Waals surface area contributed by atoms with E-state index in [9.17, 15) is 0 Å². The lowest BCUT2D eigenvalue weighted by atomic mass is 9.81. The van der Waals surface area contributed by atoms with Gasteiger partial charge in [-0.05, 0) is 49.7 Å². The number of rotatable bonds is 4. The number of fused-ring (bicyclic) bond motifs is 1. The maximum absolute atomic E-state index is 5.63. The molecule has 3 aromatic heterocycles. The Morgan fingerprint density at radius 2 is 2.10 bits per heavy atom. The molecule has 6 nitrogen and oxygen atoms in total. The minimum Gasteiger partial charge on any atom is -0.473 e. The van der Waals surface area contributed by atoms with E-state index in [1.165, 1.54) is 49.1 Å². The van der Waals surface area contributed by atoms with Crippen molar-refractivity contribution in [3.05, 3.63) is 29.4 Å². The minimum atomic E-state index is 0.596. The third-order valence-corrected chi connectivity index (χ3v) is 7.23. The predicted molar refractivity (Wildman–Crippen MR) is 116 cm³/mol. The topological polar surface area (TPSA) is 63.3 Å². The molecular weight excluding hydrogens is 384 g/mol. The lowest BCUT2D eigenvalue weighted by molar-refractivity contribution is 0.118. The first-order chi connectivity index (χ1) is 14.3. The van der Waals surface area contributed by atoms with E-state index in [1.807, 2.05) is 11.6 Å². The van der Waals surface area contributed by atoms with Gasteiger partial charge in [0.2, 0.25) is 0 Å². The van der Waals surface area contributed by atoms with E-state index in [0.29, 0.717) is 11.1 Å². The lowest BCUT2D eigenvalue weighted by Crippen LogP contribution is -2.39. The zero-order chi connectivity index (χ0) is 19.6. The summed E-state index contributed by atoms with van der Waals surface area (Å²) in [6.45, 7) is 4.08. The van der Waals surface area contributed by atoms with Crippen molar-refractivity contribution < 1.29 is 9.47 Å². The molecule has 0 unspecified atom stereocenters. The average molecular weight is 413 g/mol. The summed E-state index contributed by atoms with van der Waals surface area (Å²) in [4.78, 5) is 15.2. The van der Waals surface area contributed by atoms with E-state index in [4.69, 9.17) is 14.5 Å². The third-order valence-electron chi connectivity index (χ3n) is 6.43. The summed E-state index contributed by atoms with van der Waals surface area (Å²) in [5.41, 5.74) is 4.34. The highest BCUT2D eigenvalue weighted by molar-refractivity contribution is 7.11. The van der Waals surface area contributed by atoms with Gasteiger partial charge in [0, 0.05) is 54.5 Å². The zero-order valence-electron chi connectivity index (χ0n) is 16.9. The standard InChI is InChI=1S/C22H28N4O2S/c1-27-22-25-20(14-29-22)19-13-24-21-18(19)11-16(12-23-21)15-3-5-17(6-4-15)26-7-2-9-28-10-8-26/h11-15,17H,2-10H2,1H3,(H,23,24)/t15-,17-. The van der Waals surface area contributed by atoms with Gasteiger partial charge in [0.05, 0.1) is 19.4 Å². The Morgan fingerprint density at radius 1 is 1.21 bits per heavy atom. The fourth-order valence-electron chi connectivity index (χ4n) is 4.83. The Labute approximate surface area is 175 Å². The first-order valence-electron chi connectivity index (χ1n) is 10.6. The van der Waals surface area contributed by atoms with Crippen LogP contribution in [0.1, 0.15) is 43.6 Å². The van der Waals surface area contributed by atoms with Crippen LogP contribution >= 0.6 is 11.3 Å². The van der Waals surface area contributed by atoms with Crippen LogP contribution in [-0.4, -0.2) is 59.3 Å². The Bertz CT molecular complexity index is 953. The molecule has 0 amide bonds. The van der Waals surface area contributed by atoms with Crippen LogP contribution in [0, 0.1) is 0 Å². The summed E-state index contributed by atoms with van der Waals surface area (Å²) in [6, 6.07) is 3.04. The quantitative estimate of drug-likeness (QED) is 0.686. The van der Waals surface area contributed by atoms with Crippen LogP contribution in [0.3, 0.4) is 0 Å². The number of methoxy groups -OCH3 is 1. The summed E-state index contributed by atoms with van der Waals surface area (Å²) in [5, 5.41) is 3.89. The molecule has 0 spiro atoms. The van der Waals surface area contributed by atoms with Crippen molar-refractivity contribution in [3.63, 3.8) is 0 Å². The number of aromatic nitrogens is 3. The number of nitrogens with zero attached hydrogens (tertiary/aromatic N) is 3. The van der Waals surface area contributed by atoms with E-state index in [0.717, 1.165) is 54.5 Å². The zero-order valence-corrected chi connectivity index (χ0v) is 17.7. The first kappa shape index (κ1) is 19.0. The van der Waals surface area contributed by atoms with Crippen molar-refractivity contribution >= 4 is 22.4 Å². The number of ether oxygens (including phenoxy) is 2. The molecule has 1 aliphatic heterocycles. The summed E-state index contributed by atoms with van der Waals surface area (Å²) in [6.07, 6.45) is 10.2. The van der Waals surface area contributed by atoms with Gasteiger partial charge in [0.1, 0.15) is 5.65 Å². The molecule has 2 aliphatic rings. The van der Waals surface area contributed by atoms with Crippen molar-refractivity contribution in [2.75, 3.05) is 33.4 Å². The van der Waals surface area contributed by atoms with Crippen LogP contribution in [0.4, 0.5) is 0 Å². The largest absolute Gasteiger partial charge is 0.473 e. The van der Waals surface area contributed by atoms with E-state index >= 15 is 0 Å². The van der Waals surface area contributed by atoms with Crippen molar-refractivity contribution in [1.29, 1.82) is 0 Å². The van der Waals surface area contributed by atoms with Gasteiger partial charge in [0.15, 0.2) is 0 Å². The number of hydrogen-bond acceptors (Lipinski definition) is 6. The van der Waals surface area contributed by atoms with Crippen molar-refractivity contribution in [1.82, 2.24) is 19.9 Å². The molecule has 1 saturated carbocycles. The molecule has 4 heterocycles. The number of nitrogens with one attached hydrogen (secondary N) is 1. The van der Waals surface area contributed by atoms with Crippen LogP contribution in [0.2, 0.25) is 0 Å². The van der Waals surface area contributed by atoms with Gasteiger partial charge in [0.25, 0.3) is 5.19 Å². The average Bonchev–Trinajstić information content (AvgIpc) is 3.32. The van der Waals surface area contributed by atoms with Gasteiger partial charge in [-0.1, -0.05) is 11.3 Å². The maximum atomic E-state index is 5.63. The second kappa shape index (κ2) is 8.42. The molecular formula is C22H28N4O2S. The molecule has 0 atom stereocenters. The third kappa shape index (κ3) is 3.91. The molecule has 7 heteroatoms. The summed E-state index contributed by atoms with van der Waals surface area (Å²) in [7, 11) is 1.66. The second-order valence-corrected chi connectivity index (χ2v) is 8.90. The van der Waals surface area contributed by atoms with E-state index in [1.54, 1.807) is 7.11 Å². The predicted octanol–water partition coefficient (Wildman–Crippen LogP) is 4.44. The summed E-state index contributed by atoms with van der Waals surface area (Å²) < 4.78 is 10.9. The Balaban J connectivity index is 1.32. The maximum Gasteiger partial charge on any atom is 0.273 e. The summed E-state index contributed by atoms with van der Waals surface area (Å²) in [5.74, 6) is 0.596. The molecule has 1 saturated heterocycles. The first-order valence-corrected chi connectivity index (χ1v) is 11.5. The second-order valence-electron chi connectivity index (χ2n) is 8.08. The Hall–Kier alpha value is -1.96.